The van der Waals surface area contributed by atoms with Crippen LogP contribution in [0.15, 0.2) is 36.4 Å². The quantitative estimate of drug-likeness (QED) is 0.524. The second kappa shape index (κ2) is 7.72. The van der Waals surface area contributed by atoms with Crippen LogP contribution in [0, 0.1) is 5.41 Å². The largest absolute Gasteiger partial charge is 0.368 e. The van der Waals surface area contributed by atoms with Gasteiger partial charge in [0.1, 0.15) is 0 Å². The van der Waals surface area contributed by atoms with E-state index in [0.717, 1.165) is 55.7 Å². The van der Waals surface area contributed by atoms with E-state index in [9.17, 15) is 4.79 Å². The van der Waals surface area contributed by atoms with Gasteiger partial charge >= 0.3 is 0 Å². The molecule has 4 aliphatic rings. The number of carbonyl (C=O) groups excluding carboxylic acids is 1. The molecule has 1 aromatic heterocycles. The van der Waals surface area contributed by atoms with E-state index in [1.54, 1.807) is 0 Å². The Morgan fingerprint density at radius 2 is 1.76 bits per heavy atom. The number of carbonyl (C=O) groups is 1. The van der Waals surface area contributed by atoms with Crippen LogP contribution in [0.2, 0.25) is 0 Å². The Bertz CT molecular complexity index is 1330. The van der Waals surface area contributed by atoms with Crippen LogP contribution in [0.4, 0.5) is 5.69 Å². The van der Waals surface area contributed by atoms with Gasteiger partial charge in [-0.3, -0.25) is 4.79 Å². The summed E-state index contributed by atoms with van der Waals surface area (Å²) in [5.74, 6) is 0.618. The summed E-state index contributed by atoms with van der Waals surface area (Å²) in [7, 11) is 0. The number of nitrogens with zero attached hydrogens (tertiary/aromatic N) is 2. The lowest BCUT2D eigenvalue weighted by molar-refractivity contribution is 0.0951. The summed E-state index contributed by atoms with van der Waals surface area (Å²) < 4.78 is 2.50. The molecule has 2 aromatic carbocycles. The third-order valence-corrected chi connectivity index (χ3v) is 8.45. The van der Waals surface area contributed by atoms with E-state index in [4.69, 9.17) is 5.41 Å². The van der Waals surface area contributed by atoms with Crippen LogP contribution in [0.5, 0.6) is 0 Å². The molecule has 3 aromatic rings. The summed E-state index contributed by atoms with van der Waals surface area (Å²) >= 11 is 0. The zero-order chi connectivity index (χ0) is 22.8. The molecule has 174 valence electrons. The topological polar surface area (TPSA) is 61.1 Å². The zero-order valence-electron chi connectivity index (χ0n) is 19.7. The van der Waals surface area contributed by atoms with E-state index >= 15 is 0 Å². The average molecular weight is 453 g/mol. The fourth-order valence-corrected chi connectivity index (χ4v) is 6.60. The molecule has 34 heavy (non-hydrogen) atoms. The van der Waals surface area contributed by atoms with E-state index < -0.39 is 0 Å². The number of amides is 1. The number of aromatic nitrogens is 1. The van der Waals surface area contributed by atoms with Crippen molar-refractivity contribution >= 4 is 28.2 Å². The molecule has 0 unspecified atom stereocenters. The summed E-state index contributed by atoms with van der Waals surface area (Å²) in [6.45, 7) is 2.77. The van der Waals surface area contributed by atoms with Gasteiger partial charge < -0.3 is 20.2 Å². The first-order chi connectivity index (χ1) is 16.7. The smallest absolute Gasteiger partial charge is 0.251 e. The number of nitrogens with one attached hydrogen (secondary N) is 2. The third kappa shape index (κ3) is 3.13. The molecule has 0 radical (unpaired) electrons. The predicted octanol–water partition coefficient (Wildman–Crippen LogP) is 5.84. The summed E-state index contributed by atoms with van der Waals surface area (Å²) in [6, 6.07) is 13.3. The van der Waals surface area contributed by atoms with Crippen molar-refractivity contribution in [2.24, 2.45) is 0 Å². The van der Waals surface area contributed by atoms with Crippen molar-refractivity contribution in [1.82, 2.24) is 9.88 Å². The average Bonchev–Trinajstić information content (AvgIpc) is 3.65. The van der Waals surface area contributed by atoms with E-state index in [1.807, 2.05) is 6.07 Å². The summed E-state index contributed by atoms with van der Waals surface area (Å²) in [5.41, 5.74) is 9.19. The van der Waals surface area contributed by atoms with Crippen molar-refractivity contribution in [3.63, 3.8) is 0 Å². The Balaban J connectivity index is 1.47. The number of hydrogen-bond acceptors (Lipinski definition) is 3. The van der Waals surface area contributed by atoms with Crippen molar-refractivity contribution < 1.29 is 4.79 Å². The zero-order valence-corrected chi connectivity index (χ0v) is 19.7. The summed E-state index contributed by atoms with van der Waals surface area (Å²) in [6.07, 6.45) is 9.42. The first-order valence-corrected chi connectivity index (χ1v) is 13.1. The molecule has 5 nitrogen and oxygen atoms in total. The number of fused-ring (bicyclic) bond motifs is 4. The van der Waals surface area contributed by atoms with Crippen LogP contribution < -0.4 is 10.2 Å². The van der Waals surface area contributed by atoms with Crippen molar-refractivity contribution in [3.05, 3.63) is 53.1 Å². The molecule has 2 fully saturated rings. The monoisotopic (exact) mass is 452 g/mol. The minimum Gasteiger partial charge on any atom is -0.368 e. The molecule has 2 saturated carbocycles. The molecule has 0 atom stereocenters. The fraction of sp³-hybridized carbons (Fsp3) is 0.448. The number of hydrogen-bond donors (Lipinski definition) is 2. The molecule has 3 heterocycles. The number of rotatable bonds is 3. The first-order valence-electron chi connectivity index (χ1n) is 13.1. The highest BCUT2D eigenvalue weighted by molar-refractivity contribution is 6.09. The van der Waals surface area contributed by atoms with Gasteiger partial charge in [-0.15, -0.1) is 0 Å². The van der Waals surface area contributed by atoms with Gasteiger partial charge in [0.2, 0.25) is 0 Å². The molecule has 2 aliphatic carbocycles. The van der Waals surface area contributed by atoms with Gasteiger partial charge in [-0.05, 0) is 49.3 Å². The van der Waals surface area contributed by atoms with Gasteiger partial charge in [0.05, 0.1) is 11.4 Å². The Hall–Kier alpha value is -3.08. The Morgan fingerprint density at radius 1 is 0.941 bits per heavy atom. The number of anilines is 1. The van der Waals surface area contributed by atoms with Gasteiger partial charge in [-0.25, -0.2) is 0 Å². The lowest BCUT2D eigenvalue weighted by atomic mass is 9.81. The Labute approximate surface area is 200 Å². The van der Waals surface area contributed by atoms with E-state index in [1.165, 1.54) is 65.5 Å². The van der Waals surface area contributed by atoms with Crippen LogP contribution in [-0.4, -0.2) is 35.3 Å². The maximum absolute atomic E-state index is 12.9. The molecular formula is C29H32N4O. The fourth-order valence-electron chi connectivity index (χ4n) is 6.60. The van der Waals surface area contributed by atoms with Crippen molar-refractivity contribution in [3.8, 4) is 11.3 Å². The number of benzene rings is 2. The Kier molecular flexibility index (Phi) is 4.61. The van der Waals surface area contributed by atoms with Gasteiger partial charge in [-0.1, -0.05) is 43.5 Å². The van der Waals surface area contributed by atoms with Crippen LogP contribution in [0.25, 0.3) is 22.2 Å². The normalized spacial score (nSPS) is 20.1. The number of para-hydroxylation sites is 1. The van der Waals surface area contributed by atoms with E-state index in [2.05, 4.69) is 45.1 Å². The molecule has 0 spiro atoms. The van der Waals surface area contributed by atoms with Crippen LogP contribution in [0.1, 0.15) is 78.8 Å². The highest BCUT2D eigenvalue weighted by atomic mass is 16.1. The van der Waals surface area contributed by atoms with Gasteiger partial charge in [0.15, 0.2) is 0 Å². The predicted molar refractivity (Wildman–Crippen MR) is 137 cm³/mol. The highest BCUT2D eigenvalue weighted by Crippen LogP contribution is 2.49. The molecule has 2 aliphatic heterocycles. The SMILES string of the molecule is N=C1CCN2CCn3c(c(C4CCCCC4)c4ccc(C(=O)NC5CC5)cc43)-c3cccc1c32. The molecule has 7 rings (SSSR count). The lowest BCUT2D eigenvalue weighted by Gasteiger charge is -2.32. The standard InChI is InChI=1S/C29H32N4O/c30-24-13-14-32-15-16-33-25-17-19(29(34)31-20-10-11-20)9-12-22(25)26(18-5-2-1-3-6-18)28(33)23-8-4-7-21(24)27(23)32/h4,7-9,12,17-18,20,30H,1-3,5-6,10-11,13-16H2,(H,31,34). The minimum absolute atomic E-state index is 0.0588. The van der Waals surface area contributed by atoms with Crippen molar-refractivity contribution in [1.29, 1.82) is 5.41 Å². The second-order valence-corrected chi connectivity index (χ2v) is 10.6. The highest BCUT2D eigenvalue weighted by Gasteiger charge is 2.33. The molecule has 5 heteroatoms. The summed E-state index contributed by atoms with van der Waals surface area (Å²) in [5, 5.41) is 13.1. The molecular weight excluding hydrogens is 420 g/mol. The van der Waals surface area contributed by atoms with Crippen LogP contribution in [0.3, 0.4) is 0 Å². The molecule has 1 amide bonds. The van der Waals surface area contributed by atoms with Crippen LogP contribution >= 0.6 is 0 Å². The second-order valence-electron chi connectivity index (χ2n) is 10.6. The van der Waals surface area contributed by atoms with Crippen LogP contribution in [-0.2, 0) is 6.54 Å². The lowest BCUT2D eigenvalue weighted by Crippen LogP contribution is -2.33. The van der Waals surface area contributed by atoms with Crippen molar-refractivity contribution in [2.45, 2.75) is 69.9 Å². The summed E-state index contributed by atoms with van der Waals surface area (Å²) in [4.78, 5) is 15.4. The third-order valence-electron chi connectivity index (χ3n) is 8.45. The van der Waals surface area contributed by atoms with Gasteiger partial charge in [0.25, 0.3) is 5.91 Å². The molecule has 0 saturated heterocycles. The minimum atomic E-state index is 0.0588. The maximum Gasteiger partial charge on any atom is 0.251 e. The molecule has 2 N–H and O–H groups in total. The van der Waals surface area contributed by atoms with E-state index in [-0.39, 0.29) is 5.91 Å². The Morgan fingerprint density at radius 3 is 2.59 bits per heavy atom. The maximum atomic E-state index is 12.9. The van der Waals surface area contributed by atoms with Gasteiger partial charge in [0, 0.05) is 65.4 Å². The van der Waals surface area contributed by atoms with Crippen molar-refractivity contribution in [2.75, 3.05) is 18.0 Å². The first kappa shape index (κ1) is 20.3. The van der Waals surface area contributed by atoms with Gasteiger partial charge in [-0.2, -0.15) is 0 Å². The molecule has 0 bridgehead atoms. The van der Waals surface area contributed by atoms with E-state index in [0.29, 0.717) is 12.0 Å².